The molecule has 1 aromatic carbocycles. The lowest BCUT2D eigenvalue weighted by Gasteiger charge is -2.16. The fourth-order valence-corrected chi connectivity index (χ4v) is 4.30. The summed E-state index contributed by atoms with van der Waals surface area (Å²) in [6.07, 6.45) is 5.56. The lowest BCUT2D eigenvalue weighted by atomic mass is 9.95. The van der Waals surface area contributed by atoms with Crippen molar-refractivity contribution in [3.05, 3.63) is 52.6 Å². The molecule has 1 fully saturated rings. The van der Waals surface area contributed by atoms with Gasteiger partial charge in [-0.25, -0.2) is 4.98 Å². The number of benzene rings is 1. The van der Waals surface area contributed by atoms with Crippen LogP contribution >= 0.6 is 11.6 Å². The quantitative estimate of drug-likeness (QED) is 0.605. The fourth-order valence-electron chi connectivity index (χ4n) is 4.09. The molecule has 5 heteroatoms. The molecule has 130 valence electrons. The van der Waals surface area contributed by atoms with Crippen LogP contribution in [0.5, 0.6) is 5.75 Å². The average molecular weight is 356 g/mol. The Kier molecular flexibility index (Phi) is 4.16. The third-order valence-corrected chi connectivity index (χ3v) is 5.48. The van der Waals surface area contributed by atoms with Crippen LogP contribution in [0, 0.1) is 13.8 Å². The summed E-state index contributed by atoms with van der Waals surface area (Å²) in [5.41, 5.74) is 4.51. The number of ether oxygens (including phenoxy) is 1. The van der Waals surface area contributed by atoms with E-state index in [0.29, 0.717) is 17.2 Å². The summed E-state index contributed by atoms with van der Waals surface area (Å²) in [6, 6.07) is 9.09. The molecule has 1 aliphatic rings. The number of hydrogen-bond acceptors (Lipinski definition) is 3. The Balaban J connectivity index is 1.64. The van der Waals surface area contributed by atoms with Crippen molar-refractivity contribution in [3.63, 3.8) is 0 Å². The molecule has 25 heavy (non-hydrogen) atoms. The molecule has 1 aliphatic carbocycles. The standard InChI is InChI=1S/C20H22ClN3O/c1-12-8-15(11-17(9-12)25-3)14-4-5-16(10-14)24-7-6-18-13(2)22-20(21)23-19(18)24/h6-9,11,14,16H,4-5,10H2,1-3H3. The van der Waals surface area contributed by atoms with Gasteiger partial charge in [0.2, 0.25) is 5.28 Å². The summed E-state index contributed by atoms with van der Waals surface area (Å²) in [6.45, 7) is 4.11. The third kappa shape index (κ3) is 2.99. The van der Waals surface area contributed by atoms with Gasteiger partial charge in [0.1, 0.15) is 11.4 Å². The van der Waals surface area contributed by atoms with E-state index in [1.54, 1.807) is 7.11 Å². The number of aromatic nitrogens is 3. The minimum Gasteiger partial charge on any atom is -0.497 e. The smallest absolute Gasteiger partial charge is 0.224 e. The Hall–Kier alpha value is -2.07. The minimum absolute atomic E-state index is 0.322. The lowest BCUT2D eigenvalue weighted by molar-refractivity contribution is 0.413. The number of methoxy groups -OCH3 is 1. The Morgan fingerprint density at radius 3 is 2.80 bits per heavy atom. The maximum Gasteiger partial charge on any atom is 0.224 e. The van der Waals surface area contributed by atoms with Crippen molar-refractivity contribution >= 4 is 22.6 Å². The number of halogens is 1. The van der Waals surface area contributed by atoms with Crippen molar-refractivity contribution in [1.82, 2.24) is 14.5 Å². The van der Waals surface area contributed by atoms with Crippen LogP contribution in [-0.4, -0.2) is 21.6 Å². The van der Waals surface area contributed by atoms with Gasteiger partial charge in [-0.1, -0.05) is 6.07 Å². The molecule has 0 saturated heterocycles. The molecule has 2 aromatic heterocycles. The number of fused-ring (bicyclic) bond motifs is 1. The molecule has 2 heterocycles. The first-order chi connectivity index (χ1) is 12.0. The van der Waals surface area contributed by atoms with Crippen molar-refractivity contribution in [1.29, 1.82) is 0 Å². The van der Waals surface area contributed by atoms with Crippen LogP contribution in [0.25, 0.3) is 11.0 Å². The first-order valence-corrected chi connectivity index (χ1v) is 9.09. The molecule has 0 spiro atoms. The van der Waals surface area contributed by atoms with Gasteiger partial charge in [-0.3, -0.25) is 0 Å². The van der Waals surface area contributed by atoms with Gasteiger partial charge in [0.25, 0.3) is 0 Å². The molecule has 0 bridgehead atoms. The lowest BCUT2D eigenvalue weighted by Crippen LogP contribution is -2.06. The van der Waals surface area contributed by atoms with Gasteiger partial charge in [-0.2, -0.15) is 4.98 Å². The van der Waals surface area contributed by atoms with E-state index in [1.165, 1.54) is 17.5 Å². The SMILES string of the molecule is COc1cc(C)cc(C2CCC(n3ccc4c(C)nc(Cl)nc43)C2)c1. The van der Waals surface area contributed by atoms with Crippen LogP contribution in [0.2, 0.25) is 5.28 Å². The highest BCUT2D eigenvalue weighted by atomic mass is 35.5. The Bertz CT molecular complexity index is 934. The molecule has 1 saturated carbocycles. The van der Waals surface area contributed by atoms with Gasteiger partial charge in [0.15, 0.2) is 0 Å². The monoisotopic (exact) mass is 355 g/mol. The van der Waals surface area contributed by atoms with Gasteiger partial charge < -0.3 is 9.30 Å². The maximum absolute atomic E-state index is 6.09. The summed E-state index contributed by atoms with van der Waals surface area (Å²) >= 11 is 6.09. The summed E-state index contributed by atoms with van der Waals surface area (Å²) in [5, 5.41) is 1.41. The van der Waals surface area contributed by atoms with E-state index >= 15 is 0 Å². The second kappa shape index (κ2) is 6.34. The molecular weight excluding hydrogens is 334 g/mol. The Labute approximate surface area is 152 Å². The highest BCUT2D eigenvalue weighted by Gasteiger charge is 2.28. The van der Waals surface area contributed by atoms with Gasteiger partial charge in [-0.05, 0) is 80.0 Å². The topological polar surface area (TPSA) is 39.9 Å². The molecule has 0 aliphatic heterocycles. The third-order valence-electron chi connectivity index (χ3n) is 5.31. The number of aryl methyl sites for hydroxylation is 2. The summed E-state index contributed by atoms with van der Waals surface area (Å²) in [4.78, 5) is 8.74. The van der Waals surface area contributed by atoms with Crippen molar-refractivity contribution in [2.24, 2.45) is 0 Å². The summed E-state index contributed by atoms with van der Waals surface area (Å²) in [5.74, 6) is 1.50. The van der Waals surface area contributed by atoms with Gasteiger partial charge in [-0.15, -0.1) is 0 Å². The van der Waals surface area contributed by atoms with Crippen LogP contribution in [0.3, 0.4) is 0 Å². The second-order valence-corrected chi connectivity index (χ2v) is 7.32. The van der Waals surface area contributed by atoms with E-state index in [4.69, 9.17) is 16.3 Å². The van der Waals surface area contributed by atoms with E-state index in [0.717, 1.165) is 35.3 Å². The van der Waals surface area contributed by atoms with E-state index in [-0.39, 0.29) is 0 Å². The summed E-state index contributed by atoms with van der Waals surface area (Å²) in [7, 11) is 1.73. The predicted octanol–water partition coefficient (Wildman–Crippen LogP) is 5.22. The van der Waals surface area contributed by atoms with E-state index < -0.39 is 0 Å². The molecule has 0 radical (unpaired) electrons. The highest BCUT2D eigenvalue weighted by molar-refractivity contribution is 6.28. The van der Waals surface area contributed by atoms with Crippen molar-refractivity contribution in [2.45, 2.75) is 45.1 Å². The van der Waals surface area contributed by atoms with Crippen molar-refractivity contribution in [3.8, 4) is 5.75 Å². The molecule has 0 amide bonds. The predicted molar refractivity (Wildman–Crippen MR) is 101 cm³/mol. The molecule has 3 aromatic rings. The van der Waals surface area contributed by atoms with Crippen molar-refractivity contribution < 1.29 is 4.74 Å². The zero-order valence-electron chi connectivity index (χ0n) is 14.8. The highest BCUT2D eigenvalue weighted by Crippen LogP contribution is 2.43. The maximum atomic E-state index is 6.09. The fraction of sp³-hybridized carbons (Fsp3) is 0.400. The van der Waals surface area contributed by atoms with Gasteiger partial charge in [0.05, 0.1) is 12.8 Å². The molecule has 2 unspecified atom stereocenters. The molecular formula is C20H22ClN3O. The van der Waals surface area contributed by atoms with Crippen LogP contribution < -0.4 is 4.74 Å². The summed E-state index contributed by atoms with van der Waals surface area (Å²) < 4.78 is 7.72. The largest absolute Gasteiger partial charge is 0.497 e. The van der Waals surface area contributed by atoms with E-state index in [1.807, 2.05) is 6.92 Å². The van der Waals surface area contributed by atoms with Crippen LogP contribution in [0.1, 0.15) is 48.0 Å². The Morgan fingerprint density at radius 1 is 1.16 bits per heavy atom. The first-order valence-electron chi connectivity index (χ1n) is 8.71. The molecule has 2 atom stereocenters. The van der Waals surface area contributed by atoms with Crippen LogP contribution in [0.15, 0.2) is 30.5 Å². The molecule has 4 rings (SSSR count). The van der Waals surface area contributed by atoms with E-state index in [2.05, 4.69) is 51.9 Å². The van der Waals surface area contributed by atoms with Crippen LogP contribution in [-0.2, 0) is 0 Å². The van der Waals surface area contributed by atoms with E-state index in [9.17, 15) is 0 Å². The number of rotatable bonds is 3. The second-order valence-electron chi connectivity index (χ2n) is 6.99. The zero-order valence-corrected chi connectivity index (χ0v) is 15.5. The Morgan fingerprint density at radius 2 is 2.00 bits per heavy atom. The molecule has 0 N–H and O–H groups in total. The molecule has 4 nitrogen and oxygen atoms in total. The van der Waals surface area contributed by atoms with Gasteiger partial charge in [0, 0.05) is 17.6 Å². The number of hydrogen-bond donors (Lipinski definition) is 0. The average Bonchev–Trinajstić information content (AvgIpc) is 3.20. The van der Waals surface area contributed by atoms with Gasteiger partial charge >= 0.3 is 0 Å². The zero-order chi connectivity index (χ0) is 17.6. The normalized spacial score (nSPS) is 20.3. The minimum atomic E-state index is 0.322. The first kappa shape index (κ1) is 16.4. The van der Waals surface area contributed by atoms with Crippen LogP contribution in [0.4, 0.5) is 0 Å². The van der Waals surface area contributed by atoms with Crippen molar-refractivity contribution in [2.75, 3.05) is 7.11 Å². The number of nitrogens with zero attached hydrogens (tertiary/aromatic N) is 3.